The lowest BCUT2D eigenvalue weighted by molar-refractivity contribution is -0.124. The first-order chi connectivity index (χ1) is 15.1. The molecule has 2 aliphatic rings. The van der Waals surface area contributed by atoms with Gasteiger partial charge in [-0.05, 0) is 57.9 Å². The van der Waals surface area contributed by atoms with Gasteiger partial charge in [0.15, 0.2) is 5.75 Å². The number of hydrogen-bond acceptors (Lipinski definition) is 5. The largest absolute Gasteiger partial charge is 0.455 e. The summed E-state index contributed by atoms with van der Waals surface area (Å²) in [5, 5.41) is 5.61. The molecule has 0 saturated heterocycles. The zero-order valence-electron chi connectivity index (χ0n) is 18.5. The van der Waals surface area contributed by atoms with Crippen LogP contribution >= 0.6 is 11.6 Å². The van der Waals surface area contributed by atoms with Gasteiger partial charge in [-0.25, -0.2) is 4.79 Å². The van der Waals surface area contributed by atoms with Crippen LogP contribution in [-0.2, 0) is 14.3 Å². The first-order valence-corrected chi connectivity index (χ1v) is 10.9. The molecular weight excluding hydrogens is 434 g/mol. The monoisotopic (exact) mass is 461 g/mol. The van der Waals surface area contributed by atoms with Crippen LogP contribution in [-0.4, -0.2) is 43.1 Å². The van der Waals surface area contributed by atoms with Crippen LogP contribution in [0.25, 0.3) is 0 Å². The Morgan fingerprint density at radius 2 is 1.91 bits per heavy atom. The molecule has 0 fully saturated rings. The van der Waals surface area contributed by atoms with Gasteiger partial charge in [-0.3, -0.25) is 9.59 Å². The summed E-state index contributed by atoms with van der Waals surface area (Å²) < 4.78 is 11.2. The second-order valence-electron chi connectivity index (χ2n) is 8.52. The molecule has 1 aliphatic heterocycles. The Morgan fingerprint density at radius 1 is 1.16 bits per heavy atom. The van der Waals surface area contributed by atoms with Gasteiger partial charge in [0, 0.05) is 23.6 Å². The Labute approximate surface area is 192 Å². The Bertz CT molecular complexity index is 965. The summed E-state index contributed by atoms with van der Waals surface area (Å²) >= 11 is 6.17. The number of carbonyl (C=O) groups excluding carboxylic acids is 3. The number of halogens is 1. The van der Waals surface area contributed by atoms with Crippen molar-refractivity contribution in [2.45, 2.75) is 45.6 Å². The van der Waals surface area contributed by atoms with Crippen LogP contribution in [0.2, 0.25) is 5.02 Å². The lowest BCUT2D eigenvalue weighted by Gasteiger charge is -2.23. The van der Waals surface area contributed by atoms with Gasteiger partial charge in [-0.15, -0.1) is 0 Å². The summed E-state index contributed by atoms with van der Waals surface area (Å²) in [7, 11) is 0. The second-order valence-corrected chi connectivity index (χ2v) is 8.96. The van der Waals surface area contributed by atoms with Gasteiger partial charge in [0.1, 0.15) is 11.4 Å². The molecule has 1 heterocycles. The van der Waals surface area contributed by atoms with E-state index < -0.39 is 11.7 Å². The second kappa shape index (κ2) is 10.1. The zero-order chi connectivity index (χ0) is 23.3. The molecule has 32 heavy (non-hydrogen) atoms. The number of ether oxygens (including phenoxy) is 2. The number of carbonyl (C=O) groups is 3. The minimum atomic E-state index is -0.613. The molecule has 0 spiro atoms. The van der Waals surface area contributed by atoms with E-state index in [1.165, 1.54) is 0 Å². The molecule has 8 nitrogen and oxygen atoms in total. The normalized spacial score (nSPS) is 15.2. The SMILES string of the molecule is CC(C)(C)OC(=O)NCCC(=O)NCC(=O)N1CC2=CCCC=C2Oc2ccc(Cl)cc21. The molecule has 172 valence electrons. The maximum absolute atomic E-state index is 13.0. The van der Waals surface area contributed by atoms with Crippen molar-refractivity contribution in [1.29, 1.82) is 0 Å². The third kappa shape index (κ3) is 6.50. The fraction of sp³-hybridized carbons (Fsp3) is 0.435. The first kappa shape index (κ1) is 23.7. The van der Waals surface area contributed by atoms with E-state index >= 15 is 0 Å². The lowest BCUT2D eigenvalue weighted by atomic mass is 10.0. The van der Waals surface area contributed by atoms with E-state index in [1.807, 2.05) is 6.08 Å². The van der Waals surface area contributed by atoms with E-state index in [0.717, 1.165) is 24.2 Å². The summed E-state index contributed by atoms with van der Waals surface area (Å²) in [6, 6.07) is 5.12. The van der Waals surface area contributed by atoms with Crippen molar-refractivity contribution in [2.24, 2.45) is 0 Å². The number of nitrogens with one attached hydrogen (secondary N) is 2. The van der Waals surface area contributed by atoms with Gasteiger partial charge in [-0.1, -0.05) is 17.7 Å². The number of nitrogens with zero attached hydrogens (tertiary/aromatic N) is 1. The minimum Gasteiger partial charge on any atom is -0.455 e. The van der Waals surface area contributed by atoms with Crippen LogP contribution in [0.4, 0.5) is 10.5 Å². The van der Waals surface area contributed by atoms with Crippen molar-refractivity contribution >= 4 is 35.2 Å². The number of allylic oxidation sites excluding steroid dienone is 2. The number of anilines is 1. The van der Waals surface area contributed by atoms with E-state index in [9.17, 15) is 14.4 Å². The molecule has 0 aromatic heterocycles. The molecule has 1 aromatic carbocycles. The highest BCUT2D eigenvalue weighted by Crippen LogP contribution is 2.38. The van der Waals surface area contributed by atoms with Crippen molar-refractivity contribution < 1.29 is 23.9 Å². The Kier molecular flexibility index (Phi) is 7.45. The van der Waals surface area contributed by atoms with Gasteiger partial charge in [-0.2, -0.15) is 0 Å². The van der Waals surface area contributed by atoms with Crippen LogP contribution in [0, 0.1) is 0 Å². The molecule has 3 rings (SSSR count). The van der Waals surface area contributed by atoms with E-state index in [2.05, 4.69) is 16.7 Å². The molecule has 0 bridgehead atoms. The van der Waals surface area contributed by atoms with Crippen LogP contribution in [0.3, 0.4) is 0 Å². The standard InChI is InChI=1S/C23H28ClN3O5/c1-23(2,3)32-22(30)25-11-10-20(28)26-13-21(29)27-14-15-6-4-5-7-18(15)31-19-9-8-16(24)12-17(19)27/h6-9,12H,4-5,10-11,13-14H2,1-3H3,(H,25,30)(H,26,28). The minimum absolute atomic E-state index is 0.0239. The van der Waals surface area contributed by atoms with Crippen LogP contribution in [0.15, 0.2) is 41.7 Å². The van der Waals surface area contributed by atoms with E-state index in [-0.39, 0.29) is 31.3 Å². The lowest BCUT2D eigenvalue weighted by Crippen LogP contribution is -2.42. The van der Waals surface area contributed by atoms with Gasteiger partial charge in [0.25, 0.3) is 0 Å². The van der Waals surface area contributed by atoms with E-state index in [1.54, 1.807) is 43.9 Å². The maximum Gasteiger partial charge on any atom is 0.407 e. The van der Waals surface area contributed by atoms with Crippen molar-refractivity contribution in [2.75, 3.05) is 24.5 Å². The number of hydrogen-bond donors (Lipinski definition) is 2. The van der Waals surface area contributed by atoms with Gasteiger partial charge in [0.05, 0.1) is 18.8 Å². The average molecular weight is 462 g/mol. The highest BCUT2D eigenvalue weighted by Gasteiger charge is 2.28. The Morgan fingerprint density at radius 3 is 2.66 bits per heavy atom. The smallest absolute Gasteiger partial charge is 0.407 e. The van der Waals surface area contributed by atoms with E-state index in [4.69, 9.17) is 21.1 Å². The molecule has 0 saturated carbocycles. The maximum atomic E-state index is 13.0. The van der Waals surface area contributed by atoms with Gasteiger partial charge >= 0.3 is 6.09 Å². The highest BCUT2D eigenvalue weighted by molar-refractivity contribution is 6.31. The molecule has 1 aromatic rings. The Hall–Kier alpha value is -3.00. The average Bonchev–Trinajstić information content (AvgIpc) is 2.87. The van der Waals surface area contributed by atoms with Crippen molar-refractivity contribution in [3.8, 4) is 5.75 Å². The van der Waals surface area contributed by atoms with Crippen molar-refractivity contribution in [3.05, 3.63) is 46.7 Å². The predicted octanol–water partition coefficient (Wildman–Crippen LogP) is 3.70. The number of rotatable bonds is 5. The number of amides is 3. The quantitative estimate of drug-likeness (QED) is 0.696. The van der Waals surface area contributed by atoms with Crippen LogP contribution < -0.4 is 20.3 Å². The predicted molar refractivity (Wildman–Crippen MR) is 122 cm³/mol. The molecule has 2 N–H and O–H groups in total. The summed E-state index contributed by atoms with van der Waals surface area (Å²) in [5.41, 5.74) is 0.863. The van der Waals surface area contributed by atoms with Crippen LogP contribution in [0.5, 0.6) is 5.75 Å². The third-order valence-corrected chi connectivity index (χ3v) is 4.96. The van der Waals surface area contributed by atoms with Crippen molar-refractivity contribution in [3.63, 3.8) is 0 Å². The summed E-state index contributed by atoms with van der Waals surface area (Å²) in [6.45, 7) is 5.51. The van der Waals surface area contributed by atoms with Crippen LogP contribution in [0.1, 0.15) is 40.0 Å². The molecule has 3 amide bonds. The third-order valence-electron chi connectivity index (χ3n) is 4.72. The molecule has 0 atom stereocenters. The topological polar surface area (TPSA) is 97.0 Å². The van der Waals surface area contributed by atoms with Crippen molar-refractivity contribution in [1.82, 2.24) is 10.6 Å². The van der Waals surface area contributed by atoms with E-state index in [0.29, 0.717) is 23.0 Å². The number of benzene rings is 1. The molecule has 1 aliphatic carbocycles. The highest BCUT2D eigenvalue weighted by atomic mass is 35.5. The fourth-order valence-corrected chi connectivity index (χ4v) is 3.45. The summed E-state index contributed by atoms with van der Waals surface area (Å²) in [4.78, 5) is 38.4. The first-order valence-electron chi connectivity index (χ1n) is 10.5. The summed E-state index contributed by atoms with van der Waals surface area (Å²) in [6.07, 6.45) is 5.26. The number of alkyl carbamates (subject to hydrolysis) is 1. The molecule has 0 unspecified atom stereocenters. The zero-order valence-corrected chi connectivity index (χ0v) is 19.3. The van der Waals surface area contributed by atoms with Gasteiger partial charge in [0.2, 0.25) is 11.8 Å². The number of fused-ring (bicyclic) bond motifs is 2. The summed E-state index contributed by atoms with van der Waals surface area (Å²) in [5.74, 6) is 0.627. The molecular formula is C23H28ClN3O5. The fourth-order valence-electron chi connectivity index (χ4n) is 3.29. The molecule has 9 heteroatoms. The molecule has 0 radical (unpaired) electrons. The Balaban J connectivity index is 1.59. The van der Waals surface area contributed by atoms with Gasteiger partial charge < -0.3 is 25.0 Å².